The molecular formula is C12H20O4. The topological polar surface area (TPSA) is 52.6 Å². The number of carbonyl (C=O) groups excluding carboxylic acids is 2. The van der Waals surface area contributed by atoms with E-state index in [1.807, 2.05) is 6.92 Å². The first kappa shape index (κ1) is 14.7. The first-order valence-corrected chi connectivity index (χ1v) is 5.57. The number of rotatable bonds is 7. The van der Waals surface area contributed by atoms with E-state index in [9.17, 15) is 9.59 Å². The Morgan fingerprint density at radius 3 is 2.25 bits per heavy atom. The third kappa shape index (κ3) is 4.47. The summed E-state index contributed by atoms with van der Waals surface area (Å²) in [5.41, 5.74) is 0.446. The second-order valence-corrected chi connectivity index (χ2v) is 3.33. The molecule has 0 saturated heterocycles. The maximum atomic E-state index is 11.8. The molecule has 16 heavy (non-hydrogen) atoms. The highest BCUT2D eigenvalue weighted by Crippen LogP contribution is 2.13. The van der Waals surface area contributed by atoms with Gasteiger partial charge in [-0.3, -0.25) is 9.59 Å². The first-order chi connectivity index (χ1) is 7.58. The van der Waals surface area contributed by atoms with Crippen LogP contribution in [-0.4, -0.2) is 25.0 Å². The Kier molecular flexibility index (Phi) is 7.25. The van der Waals surface area contributed by atoms with E-state index in [1.54, 1.807) is 20.8 Å². The Morgan fingerprint density at radius 2 is 1.81 bits per heavy atom. The number of hydrogen-bond acceptors (Lipinski definition) is 4. The predicted molar refractivity (Wildman–Crippen MR) is 60.8 cm³/mol. The van der Waals surface area contributed by atoms with Gasteiger partial charge in [-0.15, -0.1) is 0 Å². The number of Topliss-reactive ketones (excluding diaryl/α,β-unsaturated/α-hetero) is 1. The standard InChI is InChI=1S/C12H20O4/c1-5-10(12(14)16-7-3)11(13)9(4)8-15-6-2/h8,10H,5-7H2,1-4H3. The lowest BCUT2D eigenvalue weighted by Gasteiger charge is -2.12. The zero-order chi connectivity index (χ0) is 12.6. The van der Waals surface area contributed by atoms with Gasteiger partial charge in [0.2, 0.25) is 0 Å². The van der Waals surface area contributed by atoms with Gasteiger partial charge in [0.1, 0.15) is 5.92 Å². The predicted octanol–water partition coefficient (Wildman–Crippen LogP) is 2.09. The molecule has 0 spiro atoms. The molecule has 0 N–H and O–H groups in total. The van der Waals surface area contributed by atoms with Crippen molar-refractivity contribution in [2.24, 2.45) is 5.92 Å². The lowest BCUT2D eigenvalue weighted by molar-refractivity contribution is -0.150. The summed E-state index contributed by atoms with van der Waals surface area (Å²) in [4.78, 5) is 23.3. The number of ketones is 1. The molecule has 1 unspecified atom stereocenters. The van der Waals surface area contributed by atoms with Gasteiger partial charge in [-0.05, 0) is 27.2 Å². The summed E-state index contributed by atoms with van der Waals surface area (Å²) in [5.74, 6) is -1.40. The fraction of sp³-hybridized carbons (Fsp3) is 0.667. The molecule has 1 atom stereocenters. The van der Waals surface area contributed by atoms with Gasteiger partial charge in [0.25, 0.3) is 0 Å². The van der Waals surface area contributed by atoms with E-state index in [2.05, 4.69) is 0 Å². The zero-order valence-corrected chi connectivity index (χ0v) is 10.4. The Bertz CT molecular complexity index is 268. The molecule has 0 saturated carbocycles. The van der Waals surface area contributed by atoms with E-state index in [1.165, 1.54) is 6.26 Å². The van der Waals surface area contributed by atoms with Crippen molar-refractivity contribution in [3.05, 3.63) is 11.8 Å². The normalized spacial score (nSPS) is 13.1. The molecule has 0 fully saturated rings. The molecule has 0 radical (unpaired) electrons. The molecule has 0 aromatic rings. The Morgan fingerprint density at radius 1 is 1.19 bits per heavy atom. The van der Waals surface area contributed by atoms with E-state index in [0.717, 1.165) is 0 Å². The Labute approximate surface area is 96.6 Å². The van der Waals surface area contributed by atoms with Crippen LogP contribution in [0.4, 0.5) is 0 Å². The van der Waals surface area contributed by atoms with Crippen LogP contribution in [0.25, 0.3) is 0 Å². The van der Waals surface area contributed by atoms with Crippen molar-refractivity contribution in [1.29, 1.82) is 0 Å². The molecule has 0 aromatic heterocycles. The van der Waals surface area contributed by atoms with Crippen molar-refractivity contribution >= 4 is 11.8 Å². The quantitative estimate of drug-likeness (QED) is 0.290. The molecule has 0 rings (SSSR count). The summed E-state index contributed by atoms with van der Waals surface area (Å²) >= 11 is 0. The SMILES string of the molecule is CCOC=C(C)C(=O)C(CC)C(=O)OCC. The average molecular weight is 228 g/mol. The van der Waals surface area contributed by atoms with Gasteiger partial charge in [-0.1, -0.05) is 6.92 Å². The van der Waals surface area contributed by atoms with Gasteiger partial charge in [0, 0.05) is 5.57 Å². The number of ether oxygens (including phenoxy) is 2. The fourth-order valence-electron chi connectivity index (χ4n) is 1.24. The third-order valence-corrected chi connectivity index (χ3v) is 2.11. The minimum Gasteiger partial charge on any atom is -0.501 e. The van der Waals surface area contributed by atoms with Gasteiger partial charge in [-0.2, -0.15) is 0 Å². The summed E-state index contributed by atoms with van der Waals surface area (Å²) in [6.45, 7) is 7.76. The van der Waals surface area contributed by atoms with Crippen LogP contribution >= 0.6 is 0 Å². The zero-order valence-electron chi connectivity index (χ0n) is 10.4. The second-order valence-electron chi connectivity index (χ2n) is 3.33. The van der Waals surface area contributed by atoms with E-state index in [-0.39, 0.29) is 12.4 Å². The molecule has 0 bridgehead atoms. The molecule has 4 heteroatoms. The van der Waals surface area contributed by atoms with Crippen molar-refractivity contribution in [3.8, 4) is 0 Å². The molecular weight excluding hydrogens is 208 g/mol. The van der Waals surface area contributed by atoms with Crippen molar-refractivity contribution in [1.82, 2.24) is 0 Å². The third-order valence-electron chi connectivity index (χ3n) is 2.11. The first-order valence-electron chi connectivity index (χ1n) is 5.57. The fourth-order valence-corrected chi connectivity index (χ4v) is 1.24. The molecule has 0 heterocycles. The highest BCUT2D eigenvalue weighted by Gasteiger charge is 2.26. The summed E-state index contributed by atoms with van der Waals surface area (Å²) in [5, 5.41) is 0. The van der Waals surface area contributed by atoms with Crippen molar-refractivity contribution < 1.29 is 19.1 Å². The van der Waals surface area contributed by atoms with Crippen LogP contribution in [0.1, 0.15) is 34.1 Å². The van der Waals surface area contributed by atoms with Crippen molar-refractivity contribution in [2.75, 3.05) is 13.2 Å². The van der Waals surface area contributed by atoms with Crippen molar-refractivity contribution in [2.45, 2.75) is 34.1 Å². The van der Waals surface area contributed by atoms with E-state index < -0.39 is 11.9 Å². The maximum Gasteiger partial charge on any atom is 0.316 e. The average Bonchev–Trinajstić information content (AvgIpc) is 2.27. The van der Waals surface area contributed by atoms with Gasteiger partial charge in [-0.25, -0.2) is 0 Å². The Hall–Kier alpha value is -1.32. The molecule has 0 aliphatic rings. The van der Waals surface area contributed by atoms with E-state index in [0.29, 0.717) is 18.6 Å². The lowest BCUT2D eigenvalue weighted by Crippen LogP contribution is -2.26. The van der Waals surface area contributed by atoms with Crippen LogP contribution in [0, 0.1) is 5.92 Å². The molecule has 0 aromatic carbocycles. The number of hydrogen-bond donors (Lipinski definition) is 0. The number of carbonyl (C=O) groups is 2. The van der Waals surface area contributed by atoms with Crippen LogP contribution in [0.15, 0.2) is 11.8 Å². The number of esters is 1. The van der Waals surface area contributed by atoms with Crippen molar-refractivity contribution in [3.63, 3.8) is 0 Å². The highest BCUT2D eigenvalue weighted by molar-refractivity contribution is 6.07. The monoisotopic (exact) mass is 228 g/mol. The van der Waals surface area contributed by atoms with Gasteiger partial charge in [0.15, 0.2) is 5.78 Å². The van der Waals surface area contributed by atoms with E-state index >= 15 is 0 Å². The number of allylic oxidation sites excluding steroid dienone is 1. The van der Waals surface area contributed by atoms with Crippen LogP contribution in [0.3, 0.4) is 0 Å². The molecule has 0 aliphatic carbocycles. The van der Waals surface area contributed by atoms with Gasteiger partial charge >= 0.3 is 5.97 Å². The lowest BCUT2D eigenvalue weighted by atomic mass is 9.97. The summed E-state index contributed by atoms with van der Waals surface area (Å²) < 4.78 is 9.86. The van der Waals surface area contributed by atoms with E-state index in [4.69, 9.17) is 9.47 Å². The van der Waals surface area contributed by atoms with Crippen LogP contribution in [-0.2, 0) is 19.1 Å². The van der Waals surface area contributed by atoms with Gasteiger partial charge in [0.05, 0.1) is 19.5 Å². The molecule has 92 valence electrons. The summed E-state index contributed by atoms with van der Waals surface area (Å²) in [7, 11) is 0. The molecule has 4 nitrogen and oxygen atoms in total. The van der Waals surface area contributed by atoms with Crippen LogP contribution in [0.5, 0.6) is 0 Å². The van der Waals surface area contributed by atoms with Crippen LogP contribution < -0.4 is 0 Å². The molecule has 0 aliphatic heterocycles. The summed E-state index contributed by atoms with van der Waals surface area (Å²) in [6.07, 6.45) is 1.83. The summed E-state index contributed by atoms with van der Waals surface area (Å²) in [6, 6.07) is 0. The highest BCUT2D eigenvalue weighted by atomic mass is 16.5. The van der Waals surface area contributed by atoms with Gasteiger partial charge < -0.3 is 9.47 Å². The smallest absolute Gasteiger partial charge is 0.316 e. The Balaban J connectivity index is 4.58. The molecule has 0 amide bonds. The second kappa shape index (κ2) is 7.91. The minimum absolute atomic E-state index is 0.227. The largest absolute Gasteiger partial charge is 0.501 e. The van der Waals surface area contributed by atoms with Crippen LogP contribution in [0.2, 0.25) is 0 Å². The minimum atomic E-state index is -0.711. The maximum absolute atomic E-state index is 11.8.